The van der Waals surface area contributed by atoms with E-state index in [1.165, 1.54) is 4.90 Å². The number of ether oxygens (including phenoxy) is 1. The van der Waals surface area contributed by atoms with Crippen molar-refractivity contribution in [3.05, 3.63) is 76.9 Å². The summed E-state index contributed by atoms with van der Waals surface area (Å²) < 4.78 is 5.38. The molecule has 202 valence electrons. The molecule has 0 radical (unpaired) electrons. The van der Waals surface area contributed by atoms with Crippen molar-refractivity contribution in [2.45, 2.75) is 66.2 Å². The van der Waals surface area contributed by atoms with E-state index in [9.17, 15) is 19.6 Å². The van der Waals surface area contributed by atoms with E-state index in [2.05, 4.69) is 10.6 Å². The van der Waals surface area contributed by atoms with Crippen molar-refractivity contribution < 1.29 is 19.1 Å². The Kier molecular flexibility index (Phi) is 10.6. The first-order chi connectivity index (χ1) is 17.8. The second-order valence-electron chi connectivity index (χ2n) is 10.6. The number of aryl methyl sites for hydroxylation is 1. The largest absolute Gasteiger partial charge is 0.444 e. The SMILES string of the molecule is Cc1ccc(CNC(=O)[C@H](Cc2cccc(N(C)C(=O)C(C#N)=CC(C)C)c2)NC(=O)OC(C)(C)C)cc1. The number of carbonyl (C=O) groups is 3. The Labute approximate surface area is 225 Å². The van der Waals surface area contributed by atoms with Gasteiger partial charge < -0.3 is 20.3 Å². The van der Waals surface area contributed by atoms with Crippen molar-refractivity contribution in [1.82, 2.24) is 10.6 Å². The number of rotatable bonds is 9. The molecule has 8 nitrogen and oxygen atoms in total. The van der Waals surface area contributed by atoms with Crippen molar-refractivity contribution in [2.75, 3.05) is 11.9 Å². The van der Waals surface area contributed by atoms with Crippen molar-refractivity contribution in [1.29, 1.82) is 5.26 Å². The maximum atomic E-state index is 13.2. The van der Waals surface area contributed by atoms with E-state index < -0.39 is 23.6 Å². The number of hydrogen-bond acceptors (Lipinski definition) is 5. The quantitative estimate of drug-likeness (QED) is 0.365. The van der Waals surface area contributed by atoms with Gasteiger partial charge in [0.05, 0.1) is 0 Å². The third kappa shape index (κ3) is 9.74. The maximum Gasteiger partial charge on any atom is 0.408 e. The van der Waals surface area contributed by atoms with Gasteiger partial charge in [-0.05, 0) is 56.9 Å². The van der Waals surface area contributed by atoms with Gasteiger partial charge in [0.25, 0.3) is 5.91 Å². The zero-order valence-electron chi connectivity index (χ0n) is 23.3. The Morgan fingerprint density at radius 3 is 2.32 bits per heavy atom. The summed E-state index contributed by atoms with van der Waals surface area (Å²) in [7, 11) is 1.59. The molecule has 8 heteroatoms. The maximum absolute atomic E-state index is 13.2. The normalized spacial score (nSPS) is 12.3. The van der Waals surface area contributed by atoms with E-state index in [0.29, 0.717) is 12.2 Å². The van der Waals surface area contributed by atoms with Crippen LogP contribution in [-0.4, -0.2) is 36.6 Å². The highest BCUT2D eigenvalue weighted by atomic mass is 16.6. The molecule has 0 heterocycles. The van der Waals surface area contributed by atoms with Crippen molar-refractivity contribution in [3.63, 3.8) is 0 Å². The molecule has 0 aliphatic heterocycles. The van der Waals surface area contributed by atoms with Crippen LogP contribution in [0.2, 0.25) is 0 Å². The van der Waals surface area contributed by atoms with Gasteiger partial charge >= 0.3 is 6.09 Å². The second-order valence-corrected chi connectivity index (χ2v) is 10.6. The summed E-state index contributed by atoms with van der Waals surface area (Å²) in [6, 6.07) is 16.0. The minimum absolute atomic E-state index is 0.0476. The van der Waals surface area contributed by atoms with Crippen LogP contribution in [-0.2, 0) is 27.3 Å². The lowest BCUT2D eigenvalue weighted by Crippen LogP contribution is -2.49. The molecule has 0 aromatic heterocycles. The van der Waals surface area contributed by atoms with Gasteiger partial charge in [0, 0.05) is 25.7 Å². The smallest absolute Gasteiger partial charge is 0.408 e. The third-order valence-electron chi connectivity index (χ3n) is 5.49. The highest BCUT2D eigenvalue weighted by Gasteiger charge is 2.25. The Hall–Kier alpha value is -4.12. The fraction of sp³-hybridized carbons (Fsp3) is 0.400. The molecule has 0 aliphatic carbocycles. The zero-order valence-corrected chi connectivity index (χ0v) is 23.3. The van der Waals surface area contributed by atoms with E-state index in [1.54, 1.807) is 52.1 Å². The van der Waals surface area contributed by atoms with Crippen molar-refractivity contribution in [3.8, 4) is 6.07 Å². The summed E-state index contributed by atoms with van der Waals surface area (Å²) in [6.45, 7) is 11.3. The highest BCUT2D eigenvalue weighted by Crippen LogP contribution is 2.19. The number of amides is 3. The van der Waals surface area contributed by atoms with Gasteiger partial charge in [-0.1, -0.05) is 61.9 Å². The predicted octanol–water partition coefficient (Wildman–Crippen LogP) is 4.82. The van der Waals surface area contributed by atoms with Gasteiger partial charge in [-0.2, -0.15) is 5.26 Å². The molecule has 0 unspecified atom stereocenters. The average Bonchev–Trinajstić information content (AvgIpc) is 2.84. The number of allylic oxidation sites excluding steroid dienone is 1. The number of carbonyl (C=O) groups excluding carboxylic acids is 3. The fourth-order valence-corrected chi connectivity index (χ4v) is 3.59. The summed E-state index contributed by atoms with van der Waals surface area (Å²) in [5.74, 6) is -0.734. The molecule has 3 amide bonds. The second kappa shape index (κ2) is 13.4. The fourth-order valence-electron chi connectivity index (χ4n) is 3.59. The van der Waals surface area contributed by atoms with Crippen LogP contribution in [0.1, 0.15) is 51.3 Å². The van der Waals surface area contributed by atoms with Crippen LogP contribution in [0.5, 0.6) is 0 Å². The predicted molar refractivity (Wildman–Crippen MR) is 148 cm³/mol. The van der Waals surface area contributed by atoms with Crippen LogP contribution in [0.15, 0.2) is 60.2 Å². The Bertz CT molecular complexity index is 1200. The molecule has 0 aliphatic rings. The molecule has 1 atom stereocenters. The molecule has 0 spiro atoms. The van der Waals surface area contributed by atoms with Crippen LogP contribution in [0.25, 0.3) is 0 Å². The third-order valence-corrected chi connectivity index (χ3v) is 5.49. The minimum Gasteiger partial charge on any atom is -0.444 e. The molecule has 2 N–H and O–H groups in total. The monoisotopic (exact) mass is 518 g/mol. The van der Waals surface area contributed by atoms with Gasteiger partial charge in [-0.15, -0.1) is 0 Å². The van der Waals surface area contributed by atoms with E-state index in [1.807, 2.05) is 57.2 Å². The first-order valence-corrected chi connectivity index (χ1v) is 12.6. The summed E-state index contributed by atoms with van der Waals surface area (Å²) in [4.78, 5) is 40.0. The molecule has 38 heavy (non-hydrogen) atoms. The minimum atomic E-state index is -0.915. The van der Waals surface area contributed by atoms with Gasteiger partial charge in [-0.25, -0.2) is 4.79 Å². The standard InChI is InChI=1S/C30H38N4O4/c1-20(2)15-24(18-31)28(36)34(7)25-10-8-9-23(16-25)17-26(33-29(37)38-30(4,5)6)27(35)32-19-22-13-11-21(3)12-14-22/h8-16,20,26H,17,19H2,1-7H3,(H,32,35)(H,33,37)/t26-/m0/s1. The lowest BCUT2D eigenvalue weighted by Gasteiger charge is -2.24. The molecule has 0 saturated carbocycles. The number of hydrogen-bond donors (Lipinski definition) is 2. The number of benzene rings is 2. The van der Waals surface area contributed by atoms with Crippen LogP contribution < -0.4 is 15.5 Å². The van der Waals surface area contributed by atoms with Gasteiger partial charge in [0.2, 0.25) is 5.91 Å². The molecule has 2 aromatic rings. The lowest BCUT2D eigenvalue weighted by atomic mass is 10.0. The first-order valence-electron chi connectivity index (χ1n) is 12.6. The summed E-state index contributed by atoms with van der Waals surface area (Å²) in [6.07, 6.45) is 1.10. The Morgan fingerprint density at radius 2 is 1.74 bits per heavy atom. The first kappa shape index (κ1) is 30.1. The lowest BCUT2D eigenvalue weighted by molar-refractivity contribution is -0.123. The van der Waals surface area contributed by atoms with E-state index in [-0.39, 0.29) is 23.8 Å². The number of nitrogens with zero attached hydrogens (tertiary/aromatic N) is 2. The van der Waals surface area contributed by atoms with E-state index >= 15 is 0 Å². The van der Waals surface area contributed by atoms with Crippen molar-refractivity contribution in [2.24, 2.45) is 5.92 Å². The van der Waals surface area contributed by atoms with E-state index in [4.69, 9.17) is 4.74 Å². The molecule has 0 saturated heterocycles. The number of alkyl carbamates (subject to hydrolysis) is 1. The molecule has 0 bridgehead atoms. The zero-order chi connectivity index (χ0) is 28.5. The molecular formula is C30H38N4O4. The summed E-state index contributed by atoms with van der Waals surface area (Å²) in [5, 5.41) is 15.0. The summed E-state index contributed by atoms with van der Waals surface area (Å²) in [5.41, 5.74) is 2.68. The Morgan fingerprint density at radius 1 is 1.08 bits per heavy atom. The van der Waals surface area contributed by atoms with E-state index in [0.717, 1.165) is 16.7 Å². The van der Waals surface area contributed by atoms with Gasteiger partial charge in [-0.3, -0.25) is 9.59 Å². The van der Waals surface area contributed by atoms with Crippen LogP contribution in [0, 0.1) is 24.2 Å². The van der Waals surface area contributed by atoms with Crippen LogP contribution in [0.4, 0.5) is 10.5 Å². The number of nitrogens with one attached hydrogen (secondary N) is 2. The number of anilines is 1. The number of likely N-dealkylation sites (N-methyl/N-ethyl adjacent to an activating group) is 1. The van der Waals surface area contributed by atoms with Crippen LogP contribution in [0.3, 0.4) is 0 Å². The van der Waals surface area contributed by atoms with Crippen molar-refractivity contribution >= 4 is 23.6 Å². The molecule has 0 fully saturated rings. The molecule has 2 aromatic carbocycles. The highest BCUT2D eigenvalue weighted by molar-refractivity contribution is 6.07. The van der Waals surface area contributed by atoms with Crippen LogP contribution >= 0.6 is 0 Å². The average molecular weight is 519 g/mol. The van der Waals surface area contributed by atoms with Gasteiger partial charge in [0.1, 0.15) is 23.3 Å². The van der Waals surface area contributed by atoms with Gasteiger partial charge in [0.15, 0.2) is 0 Å². The molecular weight excluding hydrogens is 480 g/mol. The molecule has 2 rings (SSSR count). The Balaban J connectivity index is 2.24. The topological polar surface area (TPSA) is 112 Å². The number of nitriles is 1. The summed E-state index contributed by atoms with van der Waals surface area (Å²) >= 11 is 0.